The van der Waals surface area contributed by atoms with Crippen LogP contribution in [-0.2, 0) is 11.2 Å². The lowest BCUT2D eigenvalue weighted by Gasteiger charge is -2.26. The first kappa shape index (κ1) is 22.9. The average molecular weight is 467 g/mol. The van der Waals surface area contributed by atoms with E-state index >= 15 is 0 Å². The number of carbonyl (C=O) groups is 1. The van der Waals surface area contributed by atoms with E-state index in [9.17, 15) is 4.79 Å². The summed E-state index contributed by atoms with van der Waals surface area (Å²) in [5.74, 6) is 2.35. The largest absolute Gasteiger partial charge is 0.490 e. The summed E-state index contributed by atoms with van der Waals surface area (Å²) in [4.78, 5) is 12.3. The van der Waals surface area contributed by atoms with Gasteiger partial charge in [-0.3, -0.25) is 4.79 Å². The number of ether oxygens (including phenoxy) is 2. The smallest absolute Gasteiger partial charge is 0.228 e. The molecule has 1 amide bonds. The van der Waals surface area contributed by atoms with Crippen molar-refractivity contribution in [3.8, 4) is 17.2 Å². The molecule has 5 rings (SSSR count). The highest BCUT2D eigenvalue weighted by Crippen LogP contribution is 2.30. The molecule has 1 aliphatic carbocycles. The number of nitrogens with one attached hydrogen (secondary N) is 1. The number of nitrogens with two attached hydrogens (primary N) is 1. The third-order valence-corrected chi connectivity index (χ3v) is 6.39. The molecule has 1 saturated carbocycles. The Morgan fingerprint density at radius 2 is 1.40 bits per heavy atom. The minimum absolute atomic E-state index is 0.0465. The van der Waals surface area contributed by atoms with Gasteiger partial charge in [0.2, 0.25) is 5.91 Å². The van der Waals surface area contributed by atoms with E-state index in [4.69, 9.17) is 15.2 Å². The third-order valence-electron chi connectivity index (χ3n) is 6.39. The van der Waals surface area contributed by atoms with Gasteiger partial charge >= 0.3 is 0 Å². The van der Waals surface area contributed by atoms with Gasteiger partial charge in [-0.2, -0.15) is 0 Å². The van der Waals surface area contributed by atoms with Crippen molar-refractivity contribution in [1.82, 2.24) is 0 Å². The van der Waals surface area contributed by atoms with Crippen LogP contribution in [0.3, 0.4) is 0 Å². The number of anilines is 1. The molecule has 0 bridgehead atoms. The quantitative estimate of drug-likeness (QED) is 0.328. The number of amides is 1. The highest BCUT2D eigenvalue weighted by molar-refractivity contribution is 5.92. The second-order valence-electron chi connectivity index (χ2n) is 9.16. The van der Waals surface area contributed by atoms with Gasteiger partial charge in [0.05, 0.1) is 12.5 Å². The Bertz CT molecular complexity index is 1280. The molecule has 0 radical (unpaired) electrons. The Labute approximate surface area is 205 Å². The van der Waals surface area contributed by atoms with Crippen LogP contribution in [0.25, 0.3) is 10.8 Å². The lowest BCUT2D eigenvalue weighted by molar-refractivity contribution is -0.115. The van der Waals surface area contributed by atoms with Gasteiger partial charge in [-0.1, -0.05) is 42.5 Å². The zero-order valence-corrected chi connectivity index (χ0v) is 19.7. The van der Waals surface area contributed by atoms with Crippen molar-refractivity contribution in [2.24, 2.45) is 5.73 Å². The number of hydrogen-bond donors (Lipinski definition) is 2. The molecule has 5 heteroatoms. The first-order chi connectivity index (χ1) is 17.1. The standard InChI is InChI=1S/C30H30N2O3/c31-24-10-16-27(17-11-24)35-29-15-9-22-19-28(14-8-23(22)20-29)34-26-12-6-21(7-13-26)18-30(33)32-25-4-2-1-3-5-25/h1-9,12-15,19-20,24,27H,10-11,16-18,31H2,(H,32,33). The predicted molar refractivity (Wildman–Crippen MR) is 140 cm³/mol. The maximum absolute atomic E-state index is 12.3. The molecule has 0 saturated heterocycles. The highest BCUT2D eigenvalue weighted by Gasteiger charge is 2.19. The van der Waals surface area contributed by atoms with Gasteiger partial charge in [0.1, 0.15) is 17.2 Å². The summed E-state index contributed by atoms with van der Waals surface area (Å²) < 4.78 is 12.3. The van der Waals surface area contributed by atoms with Crippen LogP contribution in [0.15, 0.2) is 91.0 Å². The van der Waals surface area contributed by atoms with Crippen LogP contribution in [0.5, 0.6) is 17.2 Å². The number of carbonyl (C=O) groups excluding carboxylic acids is 1. The number of benzene rings is 4. The van der Waals surface area contributed by atoms with Gasteiger partial charge in [-0.15, -0.1) is 0 Å². The van der Waals surface area contributed by atoms with Crippen LogP contribution in [0.1, 0.15) is 31.2 Å². The monoisotopic (exact) mass is 466 g/mol. The van der Waals surface area contributed by atoms with Crippen molar-refractivity contribution in [1.29, 1.82) is 0 Å². The van der Waals surface area contributed by atoms with E-state index in [2.05, 4.69) is 23.5 Å². The molecule has 0 heterocycles. The first-order valence-corrected chi connectivity index (χ1v) is 12.2. The summed E-state index contributed by atoms with van der Waals surface area (Å²) >= 11 is 0. The van der Waals surface area contributed by atoms with Gasteiger partial charge in [0.25, 0.3) is 0 Å². The predicted octanol–water partition coefficient (Wildman–Crippen LogP) is 6.46. The second kappa shape index (κ2) is 10.6. The van der Waals surface area contributed by atoms with Crippen molar-refractivity contribution in [3.05, 3.63) is 96.6 Å². The van der Waals surface area contributed by atoms with E-state index in [0.29, 0.717) is 12.5 Å². The van der Waals surface area contributed by atoms with Crippen LogP contribution in [0.2, 0.25) is 0 Å². The summed E-state index contributed by atoms with van der Waals surface area (Å²) in [5, 5.41) is 5.11. The Balaban J connectivity index is 1.18. The fourth-order valence-corrected chi connectivity index (χ4v) is 4.46. The lowest BCUT2D eigenvalue weighted by Crippen LogP contribution is -2.31. The number of hydrogen-bond acceptors (Lipinski definition) is 4. The van der Waals surface area contributed by atoms with Gasteiger partial charge in [-0.25, -0.2) is 0 Å². The van der Waals surface area contributed by atoms with Crippen LogP contribution in [0, 0.1) is 0 Å². The summed E-state index contributed by atoms with van der Waals surface area (Å²) in [6.07, 6.45) is 4.65. The van der Waals surface area contributed by atoms with Crippen LogP contribution in [-0.4, -0.2) is 18.1 Å². The average Bonchev–Trinajstić information content (AvgIpc) is 2.87. The first-order valence-electron chi connectivity index (χ1n) is 12.2. The molecule has 4 aromatic carbocycles. The molecule has 4 aromatic rings. The van der Waals surface area contributed by atoms with E-state index in [-0.39, 0.29) is 12.0 Å². The maximum Gasteiger partial charge on any atom is 0.228 e. The van der Waals surface area contributed by atoms with Crippen molar-refractivity contribution >= 4 is 22.4 Å². The molecule has 1 aliphatic rings. The normalized spacial score (nSPS) is 17.6. The SMILES string of the molecule is NC1CCC(Oc2ccc3cc(Oc4ccc(CC(=O)Nc5ccccc5)cc4)ccc3c2)CC1. The van der Waals surface area contributed by atoms with Gasteiger partial charge in [0, 0.05) is 11.7 Å². The minimum atomic E-state index is -0.0465. The van der Waals surface area contributed by atoms with Crippen molar-refractivity contribution in [2.45, 2.75) is 44.2 Å². The highest BCUT2D eigenvalue weighted by atomic mass is 16.5. The number of rotatable bonds is 7. The van der Waals surface area contributed by atoms with E-state index in [1.165, 1.54) is 0 Å². The lowest BCUT2D eigenvalue weighted by atomic mass is 9.94. The molecule has 0 aliphatic heterocycles. The zero-order valence-electron chi connectivity index (χ0n) is 19.7. The molecule has 35 heavy (non-hydrogen) atoms. The zero-order chi connectivity index (χ0) is 24.0. The van der Waals surface area contributed by atoms with Gasteiger partial charge in [-0.05, 0) is 90.6 Å². The topological polar surface area (TPSA) is 73.6 Å². The van der Waals surface area contributed by atoms with Crippen LogP contribution >= 0.6 is 0 Å². The van der Waals surface area contributed by atoms with E-state index in [1.54, 1.807) is 0 Å². The Morgan fingerprint density at radius 1 is 0.771 bits per heavy atom. The van der Waals surface area contributed by atoms with Gasteiger partial charge in [0.15, 0.2) is 0 Å². The molecule has 3 N–H and O–H groups in total. The summed E-state index contributed by atoms with van der Waals surface area (Å²) in [6, 6.07) is 29.6. The maximum atomic E-state index is 12.3. The summed E-state index contributed by atoms with van der Waals surface area (Å²) in [7, 11) is 0. The third kappa shape index (κ3) is 6.19. The van der Waals surface area contributed by atoms with E-state index in [1.807, 2.05) is 72.8 Å². The van der Waals surface area contributed by atoms with Crippen LogP contribution in [0.4, 0.5) is 5.69 Å². The molecule has 0 aromatic heterocycles. The molecule has 5 nitrogen and oxygen atoms in total. The second-order valence-corrected chi connectivity index (χ2v) is 9.16. The van der Waals surface area contributed by atoms with Crippen molar-refractivity contribution in [3.63, 3.8) is 0 Å². The fourth-order valence-electron chi connectivity index (χ4n) is 4.46. The van der Waals surface area contributed by atoms with E-state index < -0.39 is 0 Å². The molecule has 178 valence electrons. The molecular formula is C30H30N2O3. The Morgan fingerprint density at radius 3 is 2.11 bits per heavy atom. The molecular weight excluding hydrogens is 436 g/mol. The van der Waals surface area contributed by atoms with Crippen LogP contribution < -0.4 is 20.5 Å². The Hall–Kier alpha value is -3.83. The molecule has 0 unspecified atom stereocenters. The molecule has 1 fully saturated rings. The van der Waals surface area contributed by atoms with Gasteiger partial charge < -0.3 is 20.5 Å². The van der Waals surface area contributed by atoms with Crippen molar-refractivity contribution in [2.75, 3.05) is 5.32 Å². The fraction of sp³-hybridized carbons (Fsp3) is 0.233. The Kier molecular flexibility index (Phi) is 6.96. The number of fused-ring (bicyclic) bond motifs is 1. The summed E-state index contributed by atoms with van der Waals surface area (Å²) in [6.45, 7) is 0. The van der Waals surface area contributed by atoms with E-state index in [0.717, 1.165) is 65.0 Å². The summed E-state index contributed by atoms with van der Waals surface area (Å²) in [5.41, 5.74) is 7.73. The number of para-hydroxylation sites is 1. The molecule has 0 spiro atoms. The minimum Gasteiger partial charge on any atom is -0.490 e. The van der Waals surface area contributed by atoms with Crippen molar-refractivity contribution < 1.29 is 14.3 Å². The molecule has 0 atom stereocenters.